The molecule has 0 bridgehead atoms. The first-order valence-electron chi connectivity index (χ1n) is 5.51. The van der Waals surface area contributed by atoms with Crippen LogP contribution in [-0.2, 0) is 14.3 Å². The zero-order chi connectivity index (χ0) is 11.3. The highest BCUT2D eigenvalue weighted by atomic mass is 16.5. The van der Waals surface area contributed by atoms with Crippen LogP contribution < -0.4 is 0 Å². The van der Waals surface area contributed by atoms with E-state index in [1.165, 1.54) is 13.5 Å². The summed E-state index contributed by atoms with van der Waals surface area (Å²) < 4.78 is 4.51. The molecule has 0 aromatic carbocycles. The molecule has 1 saturated heterocycles. The first-order valence-corrected chi connectivity index (χ1v) is 5.51. The second-order valence-electron chi connectivity index (χ2n) is 4.01. The van der Waals surface area contributed by atoms with E-state index >= 15 is 0 Å². The van der Waals surface area contributed by atoms with Crippen molar-refractivity contribution in [3.8, 4) is 0 Å². The number of rotatable bonds is 3. The fourth-order valence-electron chi connectivity index (χ4n) is 1.92. The second kappa shape index (κ2) is 5.73. The number of hydrogen-bond donors (Lipinski definition) is 0. The molecule has 0 aromatic rings. The lowest BCUT2D eigenvalue weighted by Gasteiger charge is -2.33. The Hall–Kier alpha value is -1.06. The predicted octanol–water partition coefficient (Wildman–Crippen LogP) is 1.34. The third kappa shape index (κ3) is 3.53. The van der Waals surface area contributed by atoms with Gasteiger partial charge in [-0.25, -0.2) is 0 Å². The van der Waals surface area contributed by atoms with Gasteiger partial charge in [0, 0.05) is 19.0 Å². The normalized spacial score (nSPS) is 21.2. The molecule has 0 saturated carbocycles. The molecule has 0 spiro atoms. The summed E-state index contributed by atoms with van der Waals surface area (Å²) in [6, 6.07) is 0.323. The van der Waals surface area contributed by atoms with Crippen molar-refractivity contribution in [3.05, 3.63) is 0 Å². The highest BCUT2D eigenvalue weighted by Crippen LogP contribution is 2.17. The maximum Gasteiger partial charge on any atom is 0.306 e. The summed E-state index contributed by atoms with van der Waals surface area (Å²) in [5.41, 5.74) is 0. The molecular formula is C11H19NO3. The number of amides is 1. The summed E-state index contributed by atoms with van der Waals surface area (Å²) in [7, 11) is 1.34. The van der Waals surface area contributed by atoms with E-state index in [4.69, 9.17) is 0 Å². The third-order valence-electron chi connectivity index (χ3n) is 2.89. The molecule has 1 fully saturated rings. The zero-order valence-corrected chi connectivity index (χ0v) is 9.49. The summed E-state index contributed by atoms with van der Waals surface area (Å²) >= 11 is 0. The molecule has 4 heteroatoms. The third-order valence-corrected chi connectivity index (χ3v) is 2.89. The maximum absolute atomic E-state index is 11.7. The Kier molecular flexibility index (Phi) is 4.59. The quantitative estimate of drug-likeness (QED) is 0.665. The second-order valence-corrected chi connectivity index (χ2v) is 4.01. The minimum absolute atomic E-state index is 0.0765. The van der Waals surface area contributed by atoms with Gasteiger partial charge in [-0.1, -0.05) is 0 Å². The first-order chi connectivity index (χ1) is 7.15. The zero-order valence-electron chi connectivity index (χ0n) is 9.49. The SMILES string of the molecule is COC(=O)CCC(=O)N1CCCC[C@H]1C. The smallest absolute Gasteiger partial charge is 0.306 e. The summed E-state index contributed by atoms with van der Waals surface area (Å²) in [6.07, 6.45) is 3.82. The molecule has 0 radical (unpaired) electrons. The maximum atomic E-state index is 11.7. The predicted molar refractivity (Wildman–Crippen MR) is 56.3 cm³/mol. The minimum atomic E-state index is -0.312. The van der Waals surface area contributed by atoms with Gasteiger partial charge in [-0.3, -0.25) is 9.59 Å². The fourth-order valence-corrected chi connectivity index (χ4v) is 1.92. The lowest BCUT2D eigenvalue weighted by atomic mass is 10.0. The van der Waals surface area contributed by atoms with E-state index in [1.807, 2.05) is 4.90 Å². The summed E-state index contributed by atoms with van der Waals surface area (Å²) in [5, 5.41) is 0. The van der Waals surface area contributed by atoms with Crippen molar-refractivity contribution in [2.75, 3.05) is 13.7 Å². The van der Waals surface area contributed by atoms with Gasteiger partial charge in [-0.15, -0.1) is 0 Å². The van der Waals surface area contributed by atoms with E-state index in [-0.39, 0.29) is 24.7 Å². The summed E-state index contributed by atoms with van der Waals surface area (Å²) in [5.74, 6) is -0.236. The Morgan fingerprint density at radius 1 is 1.33 bits per heavy atom. The number of hydrogen-bond acceptors (Lipinski definition) is 3. The molecule has 1 aliphatic rings. The average molecular weight is 213 g/mol. The Morgan fingerprint density at radius 3 is 2.67 bits per heavy atom. The lowest BCUT2D eigenvalue weighted by molar-refractivity contribution is -0.144. The van der Waals surface area contributed by atoms with Gasteiger partial charge >= 0.3 is 5.97 Å². The molecule has 0 aliphatic carbocycles. The highest BCUT2D eigenvalue weighted by molar-refractivity contribution is 5.81. The van der Waals surface area contributed by atoms with Crippen molar-refractivity contribution in [2.45, 2.75) is 45.1 Å². The van der Waals surface area contributed by atoms with E-state index in [0.717, 1.165) is 19.4 Å². The van der Waals surface area contributed by atoms with Crippen molar-refractivity contribution < 1.29 is 14.3 Å². The highest BCUT2D eigenvalue weighted by Gasteiger charge is 2.23. The Balaban J connectivity index is 2.35. The first kappa shape index (κ1) is 12.0. The number of likely N-dealkylation sites (tertiary alicyclic amines) is 1. The molecular weight excluding hydrogens is 194 g/mol. The van der Waals surface area contributed by atoms with Crippen molar-refractivity contribution in [1.29, 1.82) is 0 Å². The van der Waals surface area contributed by atoms with Crippen molar-refractivity contribution in [3.63, 3.8) is 0 Å². The van der Waals surface area contributed by atoms with Gasteiger partial charge in [-0.05, 0) is 26.2 Å². The molecule has 1 heterocycles. The molecule has 4 nitrogen and oxygen atoms in total. The van der Waals surface area contributed by atoms with Crippen LogP contribution in [0.1, 0.15) is 39.0 Å². The summed E-state index contributed by atoms with van der Waals surface area (Å²) in [4.78, 5) is 24.5. The molecule has 1 atom stereocenters. The van der Waals surface area contributed by atoms with Crippen molar-refractivity contribution in [1.82, 2.24) is 4.90 Å². The standard InChI is InChI=1S/C11H19NO3/c1-9-5-3-4-8-12(9)10(13)6-7-11(14)15-2/h9H,3-8H2,1-2H3/t9-/m1/s1. The van der Waals surface area contributed by atoms with Crippen LogP contribution in [0.3, 0.4) is 0 Å². The van der Waals surface area contributed by atoms with Crippen LogP contribution in [0.15, 0.2) is 0 Å². The molecule has 0 N–H and O–H groups in total. The molecule has 1 aliphatic heterocycles. The Bertz CT molecular complexity index is 240. The van der Waals surface area contributed by atoms with Crippen molar-refractivity contribution >= 4 is 11.9 Å². The van der Waals surface area contributed by atoms with E-state index in [0.29, 0.717) is 6.04 Å². The molecule has 86 valence electrons. The van der Waals surface area contributed by atoms with Gasteiger partial charge in [0.25, 0.3) is 0 Å². The van der Waals surface area contributed by atoms with Crippen LogP contribution in [0.5, 0.6) is 0 Å². The van der Waals surface area contributed by atoms with Crippen LogP contribution in [-0.4, -0.2) is 36.5 Å². The number of esters is 1. The van der Waals surface area contributed by atoms with Crippen LogP contribution >= 0.6 is 0 Å². The van der Waals surface area contributed by atoms with Gasteiger partial charge in [0.2, 0.25) is 5.91 Å². The molecule has 0 aromatic heterocycles. The molecule has 1 rings (SSSR count). The van der Waals surface area contributed by atoms with Gasteiger partial charge in [0.15, 0.2) is 0 Å². The van der Waals surface area contributed by atoms with Gasteiger partial charge < -0.3 is 9.64 Å². The number of nitrogens with zero attached hydrogens (tertiary/aromatic N) is 1. The Morgan fingerprint density at radius 2 is 2.07 bits per heavy atom. The number of ether oxygens (including phenoxy) is 1. The van der Waals surface area contributed by atoms with Crippen LogP contribution in [0.4, 0.5) is 0 Å². The largest absolute Gasteiger partial charge is 0.469 e. The number of carbonyl (C=O) groups is 2. The van der Waals surface area contributed by atoms with E-state index in [2.05, 4.69) is 11.7 Å². The average Bonchev–Trinajstić information content (AvgIpc) is 2.26. The molecule has 15 heavy (non-hydrogen) atoms. The number of carbonyl (C=O) groups excluding carboxylic acids is 2. The summed E-state index contributed by atoms with van der Waals surface area (Å²) in [6.45, 7) is 2.90. The topological polar surface area (TPSA) is 46.6 Å². The Labute approximate surface area is 90.6 Å². The monoisotopic (exact) mass is 213 g/mol. The van der Waals surface area contributed by atoms with Crippen LogP contribution in [0, 0.1) is 0 Å². The minimum Gasteiger partial charge on any atom is -0.469 e. The molecule has 1 amide bonds. The van der Waals surface area contributed by atoms with E-state index in [1.54, 1.807) is 0 Å². The lowest BCUT2D eigenvalue weighted by Crippen LogP contribution is -2.42. The number of piperidine rings is 1. The van der Waals surface area contributed by atoms with Gasteiger partial charge in [0.1, 0.15) is 0 Å². The van der Waals surface area contributed by atoms with E-state index in [9.17, 15) is 9.59 Å². The van der Waals surface area contributed by atoms with Gasteiger partial charge in [0.05, 0.1) is 13.5 Å². The van der Waals surface area contributed by atoms with E-state index < -0.39 is 0 Å². The van der Waals surface area contributed by atoms with Crippen LogP contribution in [0.2, 0.25) is 0 Å². The molecule has 0 unspecified atom stereocenters. The van der Waals surface area contributed by atoms with Crippen molar-refractivity contribution in [2.24, 2.45) is 0 Å². The van der Waals surface area contributed by atoms with Gasteiger partial charge in [-0.2, -0.15) is 0 Å². The van der Waals surface area contributed by atoms with Crippen LogP contribution in [0.25, 0.3) is 0 Å². The number of methoxy groups -OCH3 is 1. The fraction of sp³-hybridized carbons (Fsp3) is 0.818.